The lowest BCUT2D eigenvalue weighted by atomic mass is 10.0. The zero-order valence-electron chi connectivity index (χ0n) is 13.8. The molecule has 1 N–H and O–H groups in total. The first-order valence-corrected chi connectivity index (χ1v) is 8.96. The summed E-state index contributed by atoms with van der Waals surface area (Å²) >= 11 is 1.23. The maximum Gasteiger partial charge on any atom is 0.277 e. The second kappa shape index (κ2) is 7.98. The summed E-state index contributed by atoms with van der Waals surface area (Å²) in [4.78, 5) is 18.5. The predicted molar refractivity (Wildman–Crippen MR) is 92.1 cm³/mol. The summed E-state index contributed by atoms with van der Waals surface area (Å²) in [5.41, 5.74) is 0.580. The topological polar surface area (TPSA) is 108 Å². The molecule has 3 heterocycles. The van der Waals surface area contributed by atoms with E-state index in [-0.39, 0.29) is 17.7 Å². The van der Waals surface area contributed by atoms with E-state index in [1.165, 1.54) is 11.8 Å². The second-order valence-electron chi connectivity index (χ2n) is 5.69. The van der Waals surface area contributed by atoms with Crippen LogP contribution >= 0.6 is 11.8 Å². The standard InChI is InChI=1S/C16H18N6O2S/c1-11-20-21-16(24-11)25-10-14(23)19-13-4-7-22(8-5-13)15-12(9-17)3-2-6-18-15/h2-3,6,13H,4-5,7-8,10H2,1H3,(H,19,23). The Labute approximate surface area is 149 Å². The Kier molecular flexibility index (Phi) is 5.50. The summed E-state index contributed by atoms with van der Waals surface area (Å²) in [7, 11) is 0. The number of rotatable bonds is 5. The van der Waals surface area contributed by atoms with E-state index in [0.717, 1.165) is 31.7 Å². The number of piperidine rings is 1. The summed E-state index contributed by atoms with van der Waals surface area (Å²) in [6.07, 6.45) is 3.33. The largest absolute Gasteiger partial charge is 0.416 e. The van der Waals surface area contributed by atoms with Crippen LogP contribution in [0.1, 0.15) is 24.3 Å². The molecular formula is C16H18N6O2S. The molecule has 0 radical (unpaired) electrons. The van der Waals surface area contributed by atoms with Gasteiger partial charge >= 0.3 is 0 Å². The number of aromatic nitrogens is 3. The minimum absolute atomic E-state index is 0.0464. The van der Waals surface area contributed by atoms with Crippen LogP contribution in [0.5, 0.6) is 0 Å². The molecule has 0 saturated carbocycles. The molecule has 0 atom stereocenters. The fourth-order valence-electron chi connectivity index (χ4n) is 2.71. The first-order valence-electron chi connectivity index (χ1n) is 7.98. The van der Waals surface area contributed by atoms with Crippen LogP contribution in [0.15, 0.2) is 28.0 Å². The van der Waals surface area contributed by atoms with Crippen LogP contribution in [0, 0.1) is 18.3 Å². The Bertz CT molecular complexity index is 779. The summed E-state index contributed by atoms with van der Waals surface area (Å²) in [5.74, 6) is 1.41. The Morgan fingerprint density at radius 3 is 2.96 bits per heavy atom. The van der Waals surface area contributed by atoms with Crippen molar-refractivity contribution in [2.24, 2.45) is 0 Å². The van der Waals surface area contributed by atoms with Gasteiger partial charge in [-0.2, -0.15) is 5.26 Å². The molecule has 1 saturated heterocycles. The highest BCUT2D eigenvalue weighted by atomic mass is 32.2. The van der Waals surface area contributed by atoms with Gasteiger partial charge in [-0.05, 0) is 25.0 Å². The number of aryl methyl sites for hydroxylation is 1. The van der Waals surface area contributed by atoms with Gasteiger partial charge in [0, 0.05) is 32.3 Å². The normalized spacial score (nSPS) is 15.0. The van der Waals surface area contributed by atoms with Crippen molar-refractivity contribution in [3.05, 3.63) is 29.8 Å². The Morgan fingerprint density at radius 2 is 2.28 bits per heavy atom. The van der Waals surface area contributed by atoms with E-state index in [0.29, 0.717) is 16.7 Å². The number of nitriles is 1. The lowest BCUT2D eigenvalue weighted by Crippen LogP contribution is -2.45. The third kappa shape index (κ3) is 4.48. The van der Waals surface area contributed by atoms with Crippen LogP contribution in [-0.2, 0) is 4.79 Å². The summed E-state index contributed by atoms with van der Waals surface area (Å²) in [6.45, 7) is 3.23. The predicted octanol–water partition coefficient (Wildman–Crippen LogP) is 1.52. The molecule has 0 aliphatic carbocycles. The lowest BCUT2D eigenvalue weighted by Gasteiger charge is -2.33. The molecule has 2 aromatic heterocycles. The molecule has 0 unspecified atom stereocenters. The van der Waals surface area contributed by atoms with Crippen molar-refractivity contribution in [2.75, 3.05) is 23.7 Å². The number of pyridine rings is 1. The third-order valence-electron chi connectivity index (χ3n) is 3.90. The quantitative estimate of drug-likeness (QED) is 0.802. The van der Waals surface area contributed by atoms with Gasteiger partial charge in [0.15, 0.2) is 0 Å². The van der Waals surface area contributed by atoms with Crippen LogP contribution in [-0.4, -0.2) is 46.0 Å². The molecule has 0 spiro atoms. The zero-order chi connectivity index (χ0) is 17.6. The van der Waals surface area contributed by atoms with Gasteiger partial charge in [0.25, 0.3) is 5.22 Å². The third-order valence-corrected chi connectivity index (χ3v) is 4.72. The molecule has 130 valence electrons. The molecular weight excluding hydrogens is 340 g/mol. The van der Waals surface area contributed by atoms with Gasteiger partial charge < -0.3 is 14.6 Å². The average molecular weight is 358 g/mol. The van der Waals surface area contributed by atoms with Gasteiger partial charge in [0.05, 0.1) is 11.3 Å². The minimum atomic E-state index is -0.0464. The van der Waals surface area contributed by atoms with E-state index in [1.807, 2.05) is 0 Å². The molecule has 1 amide bonds. The van der Waals surface area contributed by atoms with E-state index in [9.17, 15) is 10.1 Å². The van der Waals surface area contributed by atoms with Crippen molar-refractivity contribution < 1.29 is 9.21 Å². The van der Waals surface area contributed by atoms with E-state index < -0.39 is 0 Å². The molecule has 9 heteroatoms. The highest BCUT2D eigenvalue weighted by molar-refractivity contribution is 7.99. The number of nitrogens with one attached hydrogen (secondary N) is 1. The van der Waals surface area contributed by atoms with Gasteiger partial charge in [-0.1, -0.05) is 11.8 Å². The Hall–Kier alpha value is -2.60. The fourth-order valence-corrected chi connectivity index (χ4v) is 3.32. The molecule has 8 nitrogen and oxygen atoms in total. The summed E-state index contributed by atoms with van der Waals surface area (Å²) in [5, 5.41) is 20.2. The number of hydrogen-bond acceptors (Lipinski definition) is 8. The fraction of sp³-hybridized carbons (Fsp3) is 0.438. The van der Waals surface area contributed by atoms with Gasteiger partial charge in [-0.3, -0.25) is 4.79 Å². The molecule has 1 aliphatic heterocycles. The van der Waals surface area contributed by atoms with Crippen molar-refractivity contribution in [1.82, 2.24) is 20.5 Å². The van der Waals surface area contributed by atoms with Crippen molar-refractivity contribution in [1.29, 1.82) is 5.26 Å². The second-order valence-corrected chi connectivity index (χ2v) is 6.62. The van der Waals surface area contributed by atoms with Crippen LogP contribution in [0.4, 0.5) is 5.82 Å². The molecule has 3 rings (SSSR count). The number of amides is 1. The molecule has 0 bridgehead atoms. The Balaban J connectivity index is 1.46. The highest BCUT2D eigenvalue weighted by Crippen LogP contribution is 2.21. The van der Waals surface area contributed by atoms with Gasteiger partial charge in [0.1, 0.15) is 11.9 Å². The van der Waals surface area contributed by atoms with E-state index >= 15 is 0 Å². The summed E-state index contributed by atoms with van der Waals surface area (Å²) in [6, 6.07) is 5.83. The van der Waals surface area contributed by atoms with Crippen LogP contribution in [0.2, 0.25) is 0 Å². The lowest BCUT2D eigenvalue weighted by molar-refractivity contribution is -0.119. The van der Waals surface area contributed by atoms with Crippen LogP contribution in [0.3, 0.4) is 0 Å². The zero-order valence-corrected chi connectivity index (χ0v) is 14.6. The minimum Gasteiger partial charge on any atom is -0.416 e. The number of carbonyl (C=O) groups excluding carboxylic acids is 1. The number of thioether (sulfide) groups is 1. The van der Waals surface area contributed by atoms with Crippen LogP contribution in [0.25, 0.3) is 0 Å². The SMILES string of the molecule is Cc1nnc(SCC(=O)NC2CCN(c3ncccc3C#N)CC2)o1. The highest BCUT2D eigenvalue weighted by Gasteiger charge is 2.23. The number of hydrogen-bond donors (Lipinski definition) is 1. The van der Waals surface area contributed by atoms with Gasteiger partial charge in [-0.25, -0.2) is 4.98 Å². The molecule has 2 aromatic rings. The average Bonchev–Trinajstić information content (AvgIpc) is 3.06. The maximum atomic E-state index is 12.1. The van der Waals surface area contributed by atoms with Crippen LogP contribution < -0.4 is 10.2 Å². The van der Waals surface area contributed by atoms with Crippen molar-refractivity contribution in [3.8, 4) is 6.07 Å². The van der Waals surface area contributed by atoms with Crippen molar-refractivity contribution >= 4 is 23.5 Å². The Morgan fingerprint density at radius 1 is 1.48 bits per heavy atom. The van der Waals surface area contributed by atoms with Crippen molar-refractivity contribution in [2.45, 2.75) is 31.0 Å². The van der Waals surface area contributed by atoms with E-state index in [1.54, 1.807) is 25.3 Å². The first-order chi connectivity index (χ1) is 12.2. The number of nitrogens with zero attached hydrogens (tertiary/aromatic N) is 5. The number of carbonyl (C=O) groups is 1. The maximum absolute atomic E-state index is 12.1. The van der Waals surface area contributed by atoms with E-state index in [2.05, 4.69) is 31.5 Å². The smallest absolute Gasteiger partial charge is 0.277 e. The molecule has 1 fully saturated rings. The monoisotopic (exact) mass is 358 g/mol. The van der Waals surface area contributed by atoms with E-state index in [4.69, 9.17) is 4.42 Å². The van der Waals surface area contributed by atoms with Gasteiger partial charge in [-0.15, -0.1) is 10.2 Å². The first kappa shape index (κ1) is 17.2. The molecule has 1 aliphatic rings. The number of anilines is 1. The summed E-state index contributed by atoms with van der Waals surface area (Å²) < 4.78 is 5.23. The molecule has 25 heavy (non-hydrogen) atoms. The molecule has 0 aromatic carbocycles. The van der Waals surface area contributed by atoms with Crippen molar-refractivity contribution in [3.63, 3.8) is 0 Å². The van der Waals surface area contributed by atoms with Gasteiger partial charge in [0.2, 0.25) is 11.8 Å².